The SMILES string of the molecule is O=C1C(=O)N(c2nc3c(F)cc(F)cc3s2)C(c2ccc(O)cc2)/C1=C(\O)c1ccccc1. The molecule has 0 aliphatic carbocycles. The first-order valence-corrected chi connectivity index (χ1v) is 10.6. The molecule has 5 rings (SSSR count). The normalized spacial score (nSPS) is 17.8. The van der Waals surface area contributed by atoms with Crippen molar-refractivity contribution >= 4 is 44.1 Å². The lowest BCUT2D eigenvalue weighted by molar-refractivity contribution is -0.132. The number of carbonyl (C=O) groups excluding carboxylic acids is 2. The second kappa shape index (κ2) is 7.79. The lowest BCUT2D eigenvalue weighted by atomic mass is 9.95. The summed E-state index contributed by atoms with van der Waals surface area (Å²) in [5.74, 6) is -4.01. The standard InChI is InChI=1S/C24H14F2N2O4S/c25-14-10-16(26)19-17(11-14)33-24(27-19)28-20(12-6-8-15(29)9-7-12)18(22(31)23(28)32)21(30)13-4-2-1-3-5-13/h1-11,20,29-30H/b21-18+. The first kappa shape index (κ1) is 20.8. The van der Waals surface area contributed by atoms with E-state index in [1.807, 2.05) is 0 Å². The lowest BCUT2D eigenvalue weighted by Crippen LogP contribution is -2.29. The average molecular weight is 464 g/mol. The minimum atomic E-state index is -1.10. The van der Waals surface area contributed by atoms with Gasteiger partial charge in [0.1, 0.15) is 22.8 Å². The van der Waals surface area contributed by atoms with E-state index in [9.17, 15) is 28.6 Å². The van der Waals surface area contributed by atoms with Gasteiger partial charge in [-0.1, -0.05) is 53.8 Å². The Morgan fingerprint density at radius 3 is 2.39 bits per heavy atom. The molecule has 1 aliphatic heterocycles. The van der Waals surface area contributed by atoms with E-state index in [1.54, 1.807) is 30.3 Å². The molecule has 0 radical (unpaired) electrons. The quantitative estimate of drug-likeness (QED) is 0.256. The van der Waals surface area contributed by atoms with Crippen LogP contribution in [0.25, 0.3) is 16.0 Å². The Morgan fingerprint density at radius 2 is 1.70 bits per heavy atom. The van der Waals surface area contributed by atoms with Crippen molar-refractivity contribution in [1.29, 1.82) is 0 Å². The third-order valence-corrected chi connectivity index (χ3v) is 6.31. The molecule has 1 aliphatic rings. The Balaban J connectivity index is 1.75. The van der Waals surface area contributed by atoms with Crippen LogP contribution in [0, 0.1) is 11.6 Å². The number of phenolic OH excluding ortho intramolecular Hbond substituents is 1. The highest BCUT2D eigenvalue weighted by atomic mass is 32.1. The topological polar surface area (TPSA) is 90.7 Å². The molecular weight excluding hydrogens is 450 g/mol. The molecule has 164 valence electrons. The van der Waals surface area contributed by atoms with Crippen molar-refractivity contribution in [1.82, 2.24) is 4.98 Å². The molecule has 2 heterocycles. The summed E-state index contributed by atoms with van der Waals surface area (Å²) in [5.41, 5.74) is 0.431. The number of hydrogen-bond donors (Lipinski definition) is 2. The molecule has 1 atom stereocenters. The van der Waals surface area contributed by atoms with E-state index in [0.29, 0.717) is 17.2 Å². The fraction of sp³-hybridized carbons (Fsp3) is 0.0417. The molecule has 0 saturated carbocycles. The Kier molecular flexibility index (Phi) is 4.90. The summed E-state index contributed by atoms with van der Waals surface area (Å²) in [6, 6.07) is 14.7. The highest BCUT2D eigenvalue weighted by molar-refractivity contribution is 7.22. The number of rotatable bonds is 3. The van der Waals surface area contributed by atoms with Crippen LogP contribution in [0.1, 0.15) is 17.2 Å². The van der Waals surface area contributed by atoms with Gasteiger partial charge in [-0.15, -0.1) is 0 Å². The highest BCUT2D eigenvalue weighted by Gasteiger charge is 2.48. The fourth-order valence-electron chi connectivity index (χ4n) is 3.80. The zero-order chi connectivity index (χ0) is 23.3. The van der Waals surface area contributed by atoms with E-state index in [2.05, 4.69) is 4.98 Å². The summed E-state index contributed by atoms with van der Waals surface area (Å²) in [7, 11) is 0. The number of aliphatic hydroxyl groups is 1. The molecule has 1 saturated heterocycles. The monoisotopic (exact) mass is 464 g/mol. The number of anilines is 1. The maximum Gasteiger partial charge on any atom is 0.301 e. The van der Waals surface area contributed by atoms with E-state index in [-0.39, 0.29) is 32.4 Å². The predicted octanol–water partition coefficient (Wildman–Crippen LogP) is 4.91. The van der Waals surface area contributed by atoms with Gasteiger partial charge in [0.05, 0.1) is 16.3 Å². The molecule has 1 aromatic heterocycles. The third-order valence-electron chi connectivity index (χ3n) is 5.31. The van der Waals surface area contributed by atoms with Gasteiger partial charge in [0.2, 0.25) is 0 Å². The van der Waals surface area contributed by atoms with Gasteiger partial charge in [-0.2, -0.15) is 0 Å². The lowest BCUT2D eigenvalue weighted by Gasteiger charge is -2.23. The van der Waals surface area contributed by atoms with E-state index in [1.165, 1.54) is 24.3 Å². The number of aliphatic hydroxyl groups excluding tert-OH is 1. The number of phenols is 1. The van der Waals surface area contributed by atoms with Gasteiger partial charge >= 0.3 is 5.91 Å². The number of Topliss-reactive ketones (excluding diaryl/α,β-unsaturated/α-hetero) is 1. The number of ketones is 1. The third kappa shape index (κ3) is 3.42. The van der Waals surface area contributed by atoms with Crippen LogP contribution in [0.3, 0.4) is 0 Å². The minimum absolute atomic E-state index is 0.0261. The maximum absolute atomic E-state index is 14.3. The van der Waals surface area contributed by atoms with Crippen LogP contribution in [0.15, 0.2) is 72.3 Å². The number of aromatic hydroxyl groups is 1. The predicted molar refractivity (Wildman–Crippen MR) is 119 cm³/mol. The van der Waals surface area contributed by atoms with E-state index in [0.717, 1.165) is 22.3 Å². The van der Waals surface area contributed by atoms with Gasteiger partial charge in [-0.25, -0.2) is 13.8 Å². The number of halogens is 2. The van der Waals surface area contributed by atoms with Crippen molar-refractivity contribution in [3.05, 3.63) is 95.1 Å². The number of aromatic nitrogens is 1. The molecule has 1 fully saturated rings. The Labute approximate surface area is 189 Å². The van der Waals surface area contributed by atoms with Crippen LogP contribution in [0.2, 0.25) is 0 Å². The molecule has 0 spiro atoms. The van der Waals surface area contributed by atoms with Crippen LogP contribution >= 0.6 is 11.3 Å². The molecule has 2 N–H and O–H groups in total. The first-order valence-electron chi connectivity index (χ1n) is 9.76. The average Bonchev–Trinajstić information content (AvgIpc) is 3.33. The van der Waals surface area contributed by atoms with Crippen LogP contribution in [0.4, 0.5) is 13.9 Å². The van der Waals surface area contributed by atoms with Crippen molar-refractivity contribution in [3.63, 3.8) is 0 Å². The number of thiazole rings is 1. The largest absolute Gasteiger partial charge is 0.508 e. The number of carbonyl (C=O) groups is 2. The second-order valence-corrected chi connectivity index (χ2v) is 8.37. The molecular formula is C24H14F2N2O4S. The number of hydrogen-bond acceptors (Lipinski definition) is 6. The van der Waals surface area contributed by atoms with Crippen LogP contribution in [-0.2, 0) is 9.59 Å². The summed E-state index contributed by atoms with van der Waals surface area (Å²) < 4.78 is 28.1. The summed E-state index contributed by atoms with van der Waals surface area (Å²) in [6.45, 7) is 0. The summed E-state index contributed by atoms with van der Waals surface area (Å²) >= 11 is 0.848. The van der Waals surface area contributed by atoms with E-state index < -0.39 is 29.4 Å². The number of fused-ring (bicyclic) bond motifs is 1. The van der Waals surface area contributed by atoms with Gasteiger partial charge in [0, 0.05) is 11.6 Å². The van der Waals surface area contributed by atoms with Crippen molar-refractivity contribution in [3.8, 4) is 5.75 Å². The zero-order valence-electron chi connectivity index (χ0n) is 16.7. The summed E-state index contributed by atoms with van der Waals surface area (Å²) in [6.07, 6.45) is 0. The van der Waals surface area contributed by atoms with Gasteiger partial charge in [0.15, 0.2) is 10.9 Å². The Hall–Kier alpha value is -4.11. The van der Waals surface area contributed by atoms with Crippen LogP contribution < -0.4 is 4.90 Å². The Bertz CT molecular complexity index is 1450. The molecule has 0 bridgehead atoms. The molecule has 1 unspecified atom stereocenters. The fourth-order valence-corrected chi connectivity index (χ4v) is 4.83. The molecule has 9 heteroatoms. The van der Waals surface area contributed by atoms with Gasteiger partial charge < -0.3 is 10.2 Å². The van der Waals surface area contributed by atoms with Gasteiger partial charge in [0.25, 0.3) is 5.78 Å². The number of amides is 1. The molecule has 4 aromatic rings. The molecule has 6 nitrogen and oxygen atoms in total. The van der Waals surface area contributed by atoms with Crippen molar-refractivity contribution in [2.24, 2.45) is 0 Å². The van der Waals surface area contributed by atoms with Crippen LogP contribution in [0.5, 0.6) is 5.75 Å². The van der Waals surface area contributed by atoms with E-state index >= 15 is 0 Å². The summed E-state index contributed by atoms with van der Waals surface area (Å²) in [5, 5.41) is 20.7. The minimum Gasteiger partial charge on any atom is -0.508 e. The van der Waals surface area contributed by atoms with E-state index in [4.69, 9.17) is 0 Å². The second-order valence-electron chi connectivity index (χ2n) is 7.36. The van der Waals surface area contributed by atoms with Crippen molar-refractivity contribution in [2.45, 2.75) is 6.04 Å². The highest BCUT2D eigenvalue weighted by Crippen LogP contribution is 2.44. The number of benzene rings is 3. The van der Waals surface area contributed by atoms with Gasteiger partial charge in [-0.05, 0) is 23.8 Å². The van der Waals surface area contributed by atoms with Crippen LogP contribution in [-0.4, -0.2) is 26.9 Å². The van der Waals surface area contributed by atoms with Gasteiger partial charge in [-0.3, -0.25) is 14.5 Å². The summed E-state index contributed by atoms with van der Waals surface area (Å²) in [4.78, 5) is 31.4. The Morgan fingerprint density at radius 1 is 1.00 bits per heavy atom. The smallest absolute Gasteiger partial charge is 0.301 e. The molecule has 3 aromatic carbocycles. The molecule has 1 amide bonds. The number of nitrogens with zero attached hydrogens (tertiary/aromatic N) is 2. The first-order chi connectivity index (χ1) is 15.8. The van der Waals surface area contributed by atoms with Crippen molar-refractivity contribution in [2.75, 3.05) is 4.90 Å². The zero-order valence-corrected chi connectivity index (χ0v) is 17.5. The van der Waals surface area contributed by atoms with Crippen molar-refractivity contribution < 1.29 is 28.6 Å². The molecule has 33 heavy (non-hydrogen) atoms. The maximum atomic E-state index is 14.3.